The number of carboxylic acids is 1. The van der Waals surface area contributed by atoms with Gasteiger partial charge in [0, 0.05) is 18.2 Å². The van der Waals surface area contributed by atoms with Crippen LogP contribution >= 0.6 is 0 Å². The summed E-state index contributed by atoms with van der Waals surface area (Å²) in [5.41, 5.74) is 6.56. The highest BCUT2D eigenvalue weighted by Crippen LogP contribution is 2.39. The maximum Gasteiger partial charge on any atom is 0.335 e. The first-order valence-corrected chi connectivity index (χ1v) is 12.6. The molecular formula is C26H37N3O4. The number of aromatic carboxylic acids is 1. The zero-order valence-corrected chi connectivity index (χ0v) is 19.4. The van der Waals surface area contributed by atoms with E-state index in [4.69, 9.17) is 10.8 Å². The van der Waals surface area contributed by atoms with Crippen molar-refractivity contribution in [2.75, 3.05) is 18.4 Å². The third kappa shape index (κ3) is 5.57. The van der Waals surface area contributed by atoms with Crippen LogP contribution in [0.15, 0.2) is 24.3 Å². The fraction of sp³-hybridized carbons (Fsp3) is 0.654. The fourth-order valence-electron chi connectivity index (χ4n) is 6.11. The van der Waals surface area contributed by atoms with Gasteiger partial charge >= 0.3 is 5.97 Å². The van der Waals surface area contributed by atoms with E-state index in [0.29, 0.717) is 43.0 Å². The van der Waals surface area contributed by atoms with Crippen molar-refractivity contribution < 1.29 is 19.5 Å². The highest BCUT2D eigenvalue weighted by Gasteiger charge is 2.44. The van der Waals surface area contributed by atoms with Crippen molar-refractivity contribution in [3.05, 3.63) is 29.8 Å². The molecule has 0 aromatic heterocycles. The molecule has 0 radical (unpaired) electrons. The molecule has 2 saturated carbocycles. The van der Waals surface area contributed by atoms with Gasteiger partial charge in [-0.05, 0) is 80.7 Å². The van der Waals surface area contributed by atoms with E-state index in [1.165, 1.54) is 44.2 Å². The van der Waals surface area contributed by atoms with Gasteiger partial charge in [-0.25, -0.2) is 4.79 Å². The van der Waals surface area contributed by atoms with Crippen LogP contribution in [0, 0.1) is 23.7 Å². The first-order chi connectivity index (χ1) is 16.0. The Morgan fingerprint density at radius 3 is 2.21 bits per heavy atom. The van der Waals surface area contributed by atoms with Crippen molar-refractivity contribution >= 4 is 23.5 Å². The molecule has 2 amide bonds. The van der Waals surface area contributed by atoms with Crippen molar-refractivity contribution in [3.63, 3.8) is 0 Å². The number of nitrogens with two attached hydrogens (primary N) is 1. The molecule has 1 aromatic rings. The Balaban J connectivity index is 1.47. The van der Waals surface area contributed by atoms with Gasteiger partial charge in [0.2, 0.25) is 11.8 Å². The van der Waals surface area contributed by atoms with E-state index < -0.39 is 12.0 Å². The van der Waals surface area contributed by atoms with Crippen LogP contribution in [-0.4, -0.2) is 46.9 Å². The highest BCUT2D eigenvalue weighted by atomic mass is 16.4. The lowest BCUT2D eigenvalue weighted by molar-refractivity contribution is -0.141. The predicted molar refractivity (Wildman–Crippen MR) is 127 cm³/mol. The van der Waals surface area contributed by atoms with Crippen molar-refractivity contribution in [1.29, 1.82) is 0 Å². The molecule has 180 valence electrons. The van der Waals surface area contributed by atoms with Crippen LogP contribution in [0.5, 0.6) is 0 Å². The second-order valence-corrected chi connectivity index (χ2v) is 10.2. The maximum absolute atomic E-state index is 13.6. The van der Waals surface area contributed by atoms with E-state index in [2.05, 4.69) is 5.32 Å². The van der Waals surface area contributed by atoms with Crippen LogP contribution in [0.1, 0.15) is 74.6 Å². The molecule has 3 fully saturated rings. The molecule has 7 nitrogen and oxygen atoms in total. The van der Waals surface area contributed by atoms with Crippen LogP contribution < -0.4 is 11.1 Å². The van der Waals surface area contributed by atoms with E-state index in [1.54, 1.807) is 12.1 Å². The minimum atomic E-state index is -1.000. The Morgan fingerprint density at radius 2 is 1.61 bits per heavy atom. The molecule has 4 N–H and O–H groups in total. The van der Waals surface area contributed by atoms with E-state index in [-0.39, 0.29) is 23.3 Å². The normalized spacial score (nSPS) is 28.5. The molecule has 0 spiro atoms. The van der Waals surface area contributed by atoms with Crippen molar-refractivity contribution in [3.8, 4) is 0 Å². The molecule has 2 aliphatic carbocycles. The summed E-state index contributed by atoms with van der Waals surface area (Å²) in [4.78, 5) is 39.8. The quantitative estimate of drug-likeness (QED) is 0.602. The Kier molecular flexibility index (Phi) is 7.68. The minimum Gasteiger partial charge on any atom is -0.478 e. The number of amides is 2. The number of likely N-dealkylation sites (tertiary alicyclic amines) is 1. The molecule has 4 rings (SSSR count). The third-order valence-corrected chi connectivity index (χ3v) is 8.16. The van der Waals surface area contributed by atoms with Gasteiger partial charge < -0.3 is 21.1 Å². The number of carbonyl (C=O) groups is 3. The van der Waals surface area contributed by atoms with Gasteiger partial charge in [0.05, 0.1) is 5.56 Å². The largest absolute Gasteiger partial charge is 0.478 e. The van der Waals surface area contributed by atoms with Gasteiger partial charge in [-0.3, -0.25) is 9.59 Å². The average Bonchev–Trinajstić information content (AvgIpc) is 3.30. The van der Waals surface area contributed by atoms with Crippen LogP contribution in [-0.2, 0) is 9.59 Å². The first kappa shape index (κ1) is 23.7. The molecule has 0 bridgehead atoms. The maximum atomic E-state index is 13.6. The van der Waals surface area contributed by atoms with Crippen LogP contribution in [0.25, 0.3) is 0 Å². The standard InChI is InChI=1S/C26H37N3O4/c27-15-17-6-8-19(9-7-17)25(31)29-16-21(18-4-2-1-3-5-18)14-23(29)24(30)28-22-12-10-20(11-13-22)26(32)33/h10-13,17-19,21,23H,1-9,14-16,27H2,(H,28,30)(H,32,33)/t17?,19?,21-,23-/m0/s1. The highest BCUT2D eigenvalue weighted by molar-refractivity contribution is 5.98. The Hall–Kier alpha value is -2.41. The number of carboxylic acid groups (broad SMARTS) is 1. The lowest BCUT2D eigenvalue weighted by Crippen LogP contribution is -2.46. The number of rotatable bonds is 6. The minimum absolute atomic E-state index is 0.0111. The van der Waals surface area contributed by atoms with Gasteiger partial charge in [0.1, 0.15) is 6.04 Å². The van der Waals surface area contributed by atoms with Gasteiger partial charge in [-0.2, -0.15) is 0 Å². The molecule has 1 aliphatic heterocycles. The fourth-order valence-corrected chi connectivity index (χ4v) is 6.11. The van der Waals surface area contributed by atoms with Crippen LogP contribution in [0.2, 0.25) is 0 Å². The first-order valence-electron chi connectivity index (χ1n) is 12.6. The molecule has 7 heteroatoms. The number of hydrogen-bond acceptors (Lipinski definition) is 4. The summed E-state index contributed by atoms with van der Waals surface area (Å²) in [5.74, 6) is 0.429. The van der Waals surface area contributed by atoms with E-state index in [1.807, 2.05) is 4.90 Å². The summed E-state index contributed by atoms with van der Waals surface area (Å²) in [6.07, 6.45) is 10.6. The summed E-state index contributed by atoms with van der Waals surface area (Å²) in [6.45, 7) is 1.36. The number of nitrogens with zero attached hydrogens (tertiary/aromatic N) is 1. The molecular weight excluding hydrogens is 418 g/mol. The number of carbonyl (C=O) groups excluding carboxylic acids is 2. The van der Waals surface area contributed by atoms with Gasteiger partial charge in [-0.15, -0.1) is 0 Å². The number of nitrogens with one attached hydrogen (secondary N) is 1. The van der Waals surface area contributed by atoms with Gasteiger partial charge in [-0.1, -0.05) is 32.1 Å². The molecule has 1 saturated heterocycles. The summed E-state index contributed by atoms with van der Waals surface area (Å²) >= 11 is 0. The second-order valence-electron chi connectivity index (χ2n) is 10.2. The lowest BCUT2D eigenvalue weighted by Gasteiger charge is -2.32. The Labute approximate surface area is 196 Å². The Morgan fingerprint density at radius 1 is 0.939 bits per heavy atom. The van der Waals surface area contributed by atoms with E-state index in [0.717, 1.165) is 25.7 Å². The molecule has 0 unspecified atom stereocenters. The van der Waals surface area contributed by atoms with Gasteiger partial charge in [0.25, 0.3) is 0 Å². The number of benzene rings is 1. The molecule has 33 heavy (non-hydrogen) atoms. The summed E-state index contributed by atoms with van der Waals surface area (Å²) in [6, 6.07) is 5.72. The summed E-state index contributed by atoms with van der Waals surface area (Å²) in [7, 11) is 0. The van der Waals surface area contributed by atoms with E-state index >= 15 is 0 Å². The summed E-state index contributed by atoms with van der Waals surface area (Å²) < 4.78 is 0. The number of anilines is 1. The average molecular weight is 456 g/mol. The van der Waals surface area contributed by atoms with Crippen LogP contribution in [0.4, 0.5) is 5.69 Å². The van der Waals surface area contributed by atoms with Crippen molar-refractivity contribution in [2.45, 2.75) is 70.3 Å². The zero-order chi connectivity index (χ0) is 23.4. The van der Waals surface area contributed by atoms with Crippen LogP contribution in [0.3, 0.4) is 0 Å². The Bertz CT molecular complexity index is 842. The molecule has 2 atom stereocenters. The number of hydrogen-bond donors (Lipinski definition) is 3. The smallest absolute Gasteiger partial charge is 0.335 e. The summed E-state index contributed by atoms with van der Waals surface area (Å²) in [5, 5.41) is 12.0. The zero-order valence-electron chi connectivity index (χ0n) is 19.4. The predicted octanol–water partition coefficient (Wildman–Crippen LogP) is 3.89. The van der Waals surface area contributed by atoms with E-state index in [9.17, 15) is 14.4 Å². The third-order valence-electron chi connectivity index (χ3n) is 8.16. The monoisotopic (exact) mass is 455 g/mol. The second kappa shape index (κ2) is 10.7. The SMILES string of the molecule is NCC1CCC(C(=O)N2C[C@@H](C3CCCCC3)C[C@H]2C(=O)Nc2ccc(C(=O)O)cc2)CC1. The molecule has 1 heterocycles. The van der Waals surface area contributed by atoms with Crippen molar-refractivity contribution in [1.82, 2.24) is 4.90 Å². The topological polar surface area (TPSA) is 113 Å². The molecule has 3 aliphatic rings. The lowest BCUT2D eigenvalue weighted by atomic mass is 9.79. The molecule has 1 aromatic carbocycles. The van der Waals surface area contributed by atoms with Crippen molar-refractivity contribution in [2.24, 2.45) is 29.4 Å². The van der Waals surface area contributed by atoms with Gasteiger partial charge in [0.15, 0.2) is 0 Å².